The number of ketones is 1. The van der Waals surface area contributed by atoms with E-state index in [1.807, 2.05) is 39.0 Å². The van der Waals surface area contributed by atoms with Crippen LogP contribution in [0.25, 0.3) is 11.3 Å². The fourth-order valence-corrected chi connectivity index (χ4v) is 3.14. The van der Waals surface area contributed by atoms with Gasteiger partial charge in [-0.1, -0.05) is 12.1 Å². The summed E-state index contributed by atoms with van der Waals surface area (Å²) >= 11 is 0. The second kappa shape index (κ2) is 7.76. The van der Waals surface area contributed by atoms with Crippen molar-refractivity contribution >= 4 is 11.8 Å². The van der Waals surface area contributed by atoms with Crippen molar-refractivity contribution in [2.45, 2.75) is 33.7 Å². The van der Waals surface area contributed by atoms with Gasteiger partial charge in [0.2, 0.25) is 0 Å². The predicted molar refractivity (Wildman–Crippen MR) is 104 cm³/mol. The number of benzene rings is 2. The van der Waals surface area contributed by atoms with Crippen LogP contribution in [0.5, 0.6) is 0 Å². The summed E-state index contributed by atoms with van der Waals surface area (Å²) < 4.78 is 14.7. The number of aryl methyl sites for hydroxylation is 3. The summed E-state index contributed by atoms with van der Waals surface area (Å²) in [4.78, 5) is 24.7. The Morgan fingerprint density at radius 2 is 1.75 bits per heavy atom. The number of hydrogen-bond donors (Lipinski definition) is 1. The molecule has 1 N–H and O–H groups in total. The Morgan fingerprint density at radius 1 is 1.07 bits per heavy atom. The second-order valence-corrected chi connectivity index (χ2v) is 6.70. The molecule has 0 saturated heterocycles. The first-order valence-electron chi connectivity index (χ1n) is 9.01. The molecule has 0 aliphatic rings. The molecule has 2 aromatic carbocycles. The highest BCUT2D eigenvalue weighted by Crippen LogP contribution is 2.28. The number of carboxylic acids is 1. The van der Waals surface area contributed by atoms with Gasteiger partial charge < -0.3 is 5.11 Å². The number of aromatic nitrogens is 2. The number of rotatable bonds is 6. The van der Waals surface area contributed by atoms with E-state index in [-0.39, 0.29) is 17.8 Å². The smallest absolute Gasteiger partial charge is 0.339 e. The van der Waals surface area contributed by atoms with Crippen LogP contribution >= 0.6 is 0 Å². The van der Waals surface area contributed by atoms with E-state index in [0.29, 0.717) is 29.1 Å². The lowest BCUT2D eigenvalue weighted by Gasteiger charge is -2.06. The molecule has 0 spiro atoms. The molecule has 0 saturated carbocycles. The molecule has 0 aliphatic heterocycles. The summed E-state index contributed by atoms with van der Waals surface area (Å²) in [6.07, 6.45) is -0.126. The van der Waals surface area contributed by atoms with Gasteiger partial charge in [-0.05, 0) is 62.2 Å². The third-order valence-corrected chi connectivity index (χ3v) is 4.85. The first-order valence-corrected chi connectivity index (χ1v) is 9.01. The summed E-state index contributed by atoms with van der Waals surface area (Å²) in [5, 5.41) is 14.3. The molecule has 5 nitrogen and oxygen atoms in total. The number of nitrogens with zero attached hydrogens (tertiary/aromatic N) is 2. The number of carbonyl (C=O) groups excluding carboxylic acids is 1. The van der Waals surface area contributed by atoms with Crippen LogP contribution in [-0.2, 0) is 13.0 Å². The molecule has 0 fully saturated rings. The second-order valence-electron chi connectivity index (χ2n) is 6.70. The predicted octanol–water partition coefficient (Wildman–Crippen LogP) is 4.45. The highest BCUT2D eigenvalue weighted by molar-refractivity contribution is 6.01. The van der Waals surface area contributed by atoms with Crippen molar-refractivity contribution in [2.24, 2.45) is 0 Å². The van der Waals surface area contributed by atoms with E-state index in [9.17, 15) is 19.1 Å². The fraction of sp³-hybridized carbons (Fsp3) is 0.227. The van der Waals surface area contributed by atoms with Crippen molar-refractivity contribution in [1.82, 2.24) is 9.78 Å². The summed E-state index contributed by atoms with van der Waals surface area (Å²) in [6.45, 7) is 6.20. The average Bonchev–Trinajstić information content (AvgIpc) is 3.03. The molecule has 1 heterocycles. The van der Waals surface area contributed by atoms with E-state index in [4.69, 9.17) is 0 Å². The Balaban J connectivity index is 2.08. The zero-order chi connectivity index (χ0) is 20.4. The van der Waals surface area contributed by atoms with Gasteiger partial charge >= 0.3 is 5.97 Å². The van der Waals surface area contributed by atoms with E-state index in [1.165, 1.54) is 24.3 Å². The number of halogens is 1. The van der Waals surface area contributed by atoms with Gasteiger partial charge in [-0.25, -0.2) is 9.18 Å². The van der Waals surface area contributed by atoms with Gasteiger partial charge in [0.05, 0.1) is 12.1 Å². The van der Waals surface area contributed by atoms with E-state index in [0.717, 1.165) is 11.1 Å². The Labute approximate surface area is 162 Å². The molecule has 0 atom stereocenters. The lowest BCUT2D eigenvalue weighted by molar-refractivity contribution is 0.0696. The number of Topliss-reactive ketones (excluding diaryl/α,β-unsaturated/α-hetero) is 1. The van der Waals surface area contributed by atoms with Crippen molar-refractivity contribution in [2.75, 3.05) is 0 Å². The van der Waals surface area contributed by atoms with E-state index < -0.39 is 11.8 Å². The van der Waals surface area contributed by atoms with Crippen molar-refractivity contribution in [3.05, 3.63) is 76.2 Å². The lowest BCUT2D eigenvalue weighted by atomic mass is 9.98. The Kier molecular flexibility index (Phi) is 5.40. The Morgan fingerprint density at radius 3 is 2.32 bits per heavy atom. The third-order valence-electron chi connectivity index (χ3n) is 4.85. The molecular weight excluding hydrogens is 359 g/mol. The monoisotopic (exact) mass is 380 g/mol. The zero-order valence-electron chi connectivity index (χ0n) is 16.0. The minimum atomic E-state index is -1.13. The molecule has 0 bridgehead atoms. The van der Waals surface area contributed by atoms with Crippen molar-refractivity contribution in [3.8, 4) is 11.3 Å². The molecule has 3 rings (SSSR count). The molecule has 3 aromatic rings. The van der Waals surface area contributed by atoms with Crippen LogP contribution < -0.4 is 0 Å². The van der Waals surface area contributed by atoms with Crippen LogP contribution in [0.2, 0.25) is 0 Å². The summed E-state index contributed by atoms with van der Waals surface area (Å²) in [6, 6.07) is 10.9. The molecule has 28 heavy (non-hydrogen) atoms. The van der Waals surface area contributed by atoms with Gasteiger partial charge in [-0.15, -0.1) is 0 Å². The van der Waals surface area contributed by atoms with Gasteiger partial charge in [0, 0.05) is 17.7 Å². The van der Waals surface area contributed by atoms with E-state index in [2.05, 4.69) is 5.10 Å². The van der Waals surface area contributed by atoms with Crippen LogP contribution in [0.4, 0.5) is 4.39 Å². The first kappa shape index (κ1) is 19.5. The maximum absolute atomic E-state index is 13.1. The van der Waals surface area contributed by atoms with Crippen LogP contribution in [0.3, 0.4) is 0 Å². The minimum absolute atomic E-state index is 0.0283. The summed E-state index contributed by atoms with van der Waals surface area (Å²) in [5.74, 6) is -1.85. The number of aromatic carboxylic acids is 1. The van der Waals surface area contributed by atoms with Crippen molar-refractivity contribution in [1.29, 1.82) is 0 Å². The standard InChI is InChI=1S/C22H21FN2O3/c1-4-25-18(12-19(26)15-7-9-17(23)10-8-15)20(22(27)28)21(24-25)16-6-5-13(2)14(3)11-16/h5-11H,4,12H2,1-3H3,(H,27,28). The van der Waals surface area contributed by atoms with Gasteiger partial charge in [-0.3, -0.25) is 9.48 Å². The topological polar surface area (TPSA) is 72.2 Å². The molecule has 0 aliphatic carbocycles. The van der Waals surface area contributed by atoms with Crippen molar-refractivity contribution in [3.63, 3.8) is 0 Å². The summed E-state index contributed by atoms with van der Waals surface area (Å²) in [7, 11) is 0. The van der Waals surface area contributed by atoms with E-state index >= 15 is 0 Å². The van der Waals surface area contributed by atoms with Gasteiger partial charge in [0.25, 0.3) is 0 Å². The SMILES string of the molecule is CCn1nc(-c2ccc(C)c(C)c2)c(C(=O)O)c1CC(=O)c1ccc(F)cc1. The van der Waals surface area contributed by atoms with Gasteiger partial charge in [-0.2, -0.15) is 5.10 Å². The number of carbonyl (C=O) groups is 2. The average molecular weight is 380 g/mol. The molecule has 144 valence electrons. The van der Waals surface area contributed by atoms with Crippen LogP contribution in [0, 0.1) is 19.7 Å². The van der Waals surface area contributed by atoms with Crippen molar-refractivity contribution < 1.29 is 19.1 Å². The molecular formula is C22H21FN2O3. The molecule has 0 unspecified atom stereocenters. The third kappa shape index (κ3) is 3.71. The maximum atomic E-state index is 13.1. The maximum Gasteiger partial charge on any atom is 0.339 e. The number of carboxylic acid groups (broad SMARTS) is 1. The largest absolute Gasteiger partial charge is 0.478 e. The van der Waals surface area contributed by atoms with Crippen LogP contribution in [0.1, 0.15) is 44.5 Å². The van der Waals surface area contributed by atoms with Crippen LogP contribution in [-0.4, -0.2) is 26.6 Å². The van der Waals surface area contributed by atoms with Crippen LogP contribution in [0.15, 0.2) is 42.5 Å². The summed E-state index contributed by atoms with van der Waals surface area (Å²) in [5.41, 5.74) is 3.88. The first-order chi connectivity index (χ1) is 13.3. The Bertz CT molecular complexity index is 1050. The fourth-order valence-electron chi connectivity index (χ4n) is 3.14. The molecule has 0 amide bonds. The number of hydrogen-bond acceptors (Lipinski definition) is 3. The van der Waals surface area contributed by atoms with Gasteiger partial charge in [0.1, 0.15) is 17.1 Å². The highest BCUT2D eigenvalue weighted by Gasteiger charge is 2.26. The highest BCUT2D eigenvalue weighted by atomic mass is 19.1. The van der Waals surface area contributed by atoms with Gasteiger partial charge in [0.15, 0.2) is 5.78 Å². The Hall–Kier alpha value is -3.28. The quantitative estimate of drug-likeness (QED) is 0.641. The molecule has 6 heteroatoms. The zero-order valence-corrected chi connectivity index (χ0v) is 16.0. The normalized spacial score (nSPS) is 10.9. The lowest BCUT2D eigenvalue weighted by Crippen LogP contribution is -2.13. The molecule has 1 aromatic heterocycles. The molecule has 0 radical (unpaired) electrons. The van der Waals surface area contributed by atoms with E-state index in [1.54, 1.807) is 4.68 Å². The minimum Gasteiger partial charge on any atom is -0.478 e.